The molecule has 0 aliphatic heterocycles. The second kappa shape index (κ2) is 8.80. The predicted molar refractivity (Wildman–Crippen MR) is 121 cm³/mol. The Morgan fingerprint density at radius 1 is 0.867 bits per heavy atom. The summed E-state index contributed by atoms with van der Waals surface area (Å²) in [5.74, 6) is -0.415. The fourth-order valence-corrected chi connectivity index (χ4v) is 3.50. The largest absolute Gasteiger partial charge is 0.465 e. The number of hydrogen-bond donors (Lipinski definition) is 2. The first-order chi connectivity index (χ1) is 14.6. The first-order valence-corrected chi connectivity index (χ1v) is 10.0. The summed E-state index contributed by atoms with van der Waals surface area (Å²) in [6, 6.07) is 23.8. The maximum atomic E-state index is 13.1. The second-order valence-electron chi connectivity index (χ2n) is 6.49. The van der Waals surface area contributed by atoms with Crippen LogP contribution in [-0.2, 0) is 4.79 Å². The molecule has 4 aromatic rings. The van der Waals surface area contributed by atoms with Gasteiger partial charge in [-0.15, -0.1) is 0 Å². The number of rotatable bonds is 5. The zero-order valence-electron chi connectivity index (χ0n) is 15.8. The Kier molecular flexibility index (Phi) is 5.77. The highest BCUT2D eigenvalue weighted by Crippen LogP contribution is 2.24. The van der Waals surface area contributed by atoms with E-state index in [1.807, 2.05) is 48.5 Å². The van der Waals surface area contributed by atoms with Gasteiger partial charge in [0.1, 0.15) is 11.5 Å². The van der Waals surface area contributed by atoms with Crippen molar-refractivity contribution in [1.82, 2.24) is 5.32 Å². The van der Waals surface area contributed by atoms with Gasteiger partial charge in [0, 0.05) is 21.6 Å². The van der Waals surface area contributed by atoms with Crippen LogP contribution in [-0.4, -0.2) is 11.8 Å². The molecular formula is C24H17BrN2O3. The lowest BCUT2D eigenvalue weighted by Gasteiger charge is -2.13. The van der Waals surface area contributed by atoms with Gasteiger partial charge in [0.25, 0.3) is 11.8 Å². The SMILES string of the molecule is O=C(Nc1cccc2ccccc12)C(=Cc1ccco1)NC(=O)c1ccccc1Br. The highest BCUT2D eigenvalue weighted by molar-refractivity contribution is 9.10. The maximum absolute atomic E-state index is 13.1. The number of benzene rings is 3. The quantitative estimate of drug-likeness (QED) is 0.380. The van der Waals surface area contributed by atoms with Crippen molar-refractivity contribution in [2.24, 2.45) is 0 Å². The van der Waals surface area contributed by atoms with Gasteiger partial charge in [0.15, 0.2) is 0 Å². The Bertz CT molecular complexity index is 1240. The van der Waals surface area contributed by atoms with Crippen molar-refractivity contribution in [3.63, 3.8) is 0 Å². The summed E-state index contributed by atoms with van der Waals surface area (Å²) in [5.41, 5.74) is 1.14. The minimum Gasteiger partial charge on any atom is -0.465 e. The van der Waals surface area contributed by atoms with Gasteiger partial charge in [0.05, 0.1) is 11.8 Å². The van der Waals surface area contributed by atoms with E-state index in [0.29, 0.717) is 21.5 Å². The average molecular weight is 461 g/mol. The summed E-state index contributed by atoms with van der Waals surface area (Å²) < 4.78 is 5.96. The first-order valence-electron chi connectivity index (χ1n) is 9.22. The van der Waals surface area contributed by atoms with Crippen molar-refractivity contribution >= 4 is 50.3 Å². The van der Waals surface area contributed by atoms with Crippen LogP contribution in [0.4, 0.5) is 5.69 Å². The maximum Gasteiger partial charge on any atom is 0.272 e. The lowest BCUT2D eigenvalue weighted by atomic mass is 10.1. The molecule has 0 saturated carbocycles. The molecule has 0 radical (unpaired) electrons. The Balaban J connectivity index is 1.65. The van der Waals surface area contributed by atoms with Crippen LogP contribution in [0.3, 0.4) is 0 Å². The van der Waals surface area contributed by atoms with Crippen molar-refractivity contribution in [2.45, 2.75) is 0 Å². The number of nitrogens with one attached hydrogen (secondary N) is 2. The van der Waals surface area contributed by atoms with E-state index >= 15 is 0 Å². The van der Waals surface area contributed by atoms with E-state index in [-0.39, 0.29) is 5.70 Å². The zero-order chi connectivity index (χ0) is 20.9. The molecule has 1 aromatic heterocycles. The van der Waals surface area contributed by atoms with Crippen molar-refractivity contribution < 1.29 is 14.0 Å². The molecule has 0 atom stereocenters. The third kappa shape index (κ3) is 4.34. The molecule has 3 aromatic carbocycles. The van der Waals surface area contributed by atoms with Crippen LogP contribution in [0.5, 0.6) is 0 Å². The smallest absolute Gasteiger partial charge is 0.272 e. The molecule has 0 saturated heterocycles. The highest BCUT2D eigenvalue weighted by atomic mass is 79.9. The Morgan fingerprint density at radius 3 is 2.43 bits per heavy atom. The molecule has 148 valence electrons. The molecule has 1 heterocycles. The number of hydrogen-bond acceptors (Lipinski definition) is 3. The van der Waals surface area contributed by atoms with Gasteiger partial charge in [-0.3, -0.25) is 9.59 Å². The molecule has 2 N–H and O–H groups in total. The van der Waals surface area contributed by atoms with E-state index in [1.165, 1.54) is 12.3 Å². The van der Waals surface area contributed by atoms with E-state index in [4.69, 9.17) is 4.42 Å². The molecule has 2 amide bonds. The molecule has 0 fully saturated rings. The Labute approximate surface area is 181 Å². The molecule has 0 unspecified atom stereocenters. The number of fused-ring (bicyclic) bond motifs is 1. The summed E-state index contributed by atoms with van der Waals surface area (Å²) in [4.78, 5) is 25.9. The highest BCUT2D eigenvalue weighted by Gasteiger charge is 2.17. The minimum atomic E-state index is -0.455. The summed E-state index contributed by atoms with van der Waals surface area (Å²) >= 11 is 3.37. The summed E-state index contributed by atoms with van der Waals surface area (Å²) in [5, 5.41) is 7.50. The van der Waals surface area contributed by atoms with Gasteiger partial charge in [0.2, 0.25) is 0 Å². The molecule has 0 bridgehead atoms. The molecule has 6 heteroatoms. The van der Waals surface area contributed by atoms with Gasteiger partial charge >= 0.3 is 0 Å². The predicted octanol–water partition coefficient (Wildman–Crippen LogP) is 5.60. The van der Waals surface area contributed by atoms with Gasteiger partial charge in [-0.25, -0.2) is 0 Å². The topological polar surface area (TPSA) is 71.3 Å². The lowest BCUT2D eigenvalue weighted by Crippen LogP contribution is -2.31. The van der Waals surface area contributed by atoms with Gasteiger partial charge < -0.3 is 15.1 Å². The molecule has 30 heavy (non-hydrogen) atoms. The second-order valence-corrected chi connectivity index (χ2v) is 7.34. The van der Waals surface area contributed by atoms with Crippen LogP contribution in [0.2, 0.25) is 0 Å². The molecule has 4 rings (SSSR count). The van der Waals surface area contributed by atoms with Crippen molar-refractivity contribution in [1.29, 1.82) is 0 Å². The summed E-state index contributed by atoms with van der Waals surface area (Å²) in [6.45, 7) is 0. The number of halogens is 1. The molecule has 0 spiro atoms. The summed E-state index contributed by atoms with van der Waals surface area (Å²) in [7, 11) is 0. The number of anilines is 1. The summed E-state index contributed by atoms with van der Waals surface area (Å²) in [6.07, 6.45) is 3.00. The fraction of sp³-hybridized carbons (Fsp3) is 0. The number of carbonyl (C=O) groups is 2. The standard InChI is InChI=1S/C24H17BrN2O3/c25-20-12-4-3-11-19(20)23(28)27-22(15-17-9-6-14-30-17)24(29)26-21-13-5-8-16-7-1-2-10-18(16)21/h1-15H,(H,26,29)(H,27,28). The van der Waals surface area contributed by atoms with Crippen LogP contribution in [0.25, 0.3) is 16.8 Å². The third-order valence-corrected chi connectivity index (χ3v) is 5.17. The Hall–Kier alpha value is -3.64. The van der Waals surface area contributed by atoms with Crippen molar-refractivity contribution in [2.75, 3.05) is 5.32 Å². The fourth-order valence-electron chi connectivity index (χ4n) is 3.03. The number of amides is 2. The van der Waals surface area contributed by atoms with Crippen LogP contribution in [0.15, 0.2) is 99.7 Å². The molecule has 0 aliphatic rings. The Morgan fingerprint density at radius 2 is 1.63 bits per heavy atom. The minimum absolute atomic E-state index is 0.0682. The van der Waals surface area contributed by atoms with Crippen LogP contribution in [0, 0.1) is 0 Å². The van der Waals surface area contributed by atoms with Crippen LogP contribution in [0.1, 0.15) is 16.1 Å². The van der Waals surface area contributed by atoms with E-state index in [1.54, 1.807) is 30.3 Å². The van der Waals surface area contributed by atoms with E-state index in [2.05, 4.69) is 26.6 Å². The average Bonchev–Trinajstić information content (AvgIpc) is 3.27. The molecular weight excluding hydrogens is 444 g/mol. The lowest BCUT2D eigenvalue weighted by molar-refractivity contribution is -0.113. The van der Waals surface area contributed by atoms with Crippen molar-refractivity contribution in [3.05, 3.63) is 107 Å². The van der Waals surface area contributed by atoms with Gasteiger partial charge in [-0.05, 0) is 51.6 Å². The van der Waals surface area contributed by atoms with E-state index < -0.39 is 11.8 Å². The van der Waals surface area contributed by atoms with Crippen LogP contribution < -0.4 is 10.6 Å². The number of carbonyl (C=O) groups excluding carboxylic acids is 2. The number of furan rings is 1. The third-order valence-electron chi connectivity index (χ3n) is 4.48. The van der Waals surface area contributed by atoms with E-state index in [9.17, 15) is 9.59 Å². The zero-order valence-corrected chi connectivity index (χ0v) is 17.3. The van der Waals surface area contributed by atoms with Crippen LogP contribution >= 0.6 is 15.9 Å². The van der Waals surface area contributed by atoms with E-state index in [0.717, 1.165) is 10.8 Å². The van der Waals surface area contributed by atoms with Gasteiger partial charge in [-0.2, -0.15) is 0 Å². The molecule has 5 nitrogen and oxygen atoms in total. The van der Waals surface area contributed by atoms with Crippen molar-refractivity contribution in [3.8, 4) is 0 Å². The molecule has 0 aliphatic carbocycles. The first kappa shape index (κ1) is 19.7. The van der Waals surface area contributed by atoms with Gasteiger partial charge in [-0.1, -0.05) is 48.5 Å². The monoisotopic (exact) mass is 460 g/mol. The normalized spacial score (nSPS) is 11.3.